The first-order chi connectivity index (χ1) is 6.16. The van der Waals surface area contributed by atoms with Crippen molar-refractivity contribution in [2.75, 3.05) is 19.0 Å². The number of rotatable bonds is 3. The third-order valence-electron chi connectivity index (χ3n) is 1.37. The molecule has 0 unspecified atom stereocenters. The summed E-state index contributed by atoms with van der Waals surface area (Å²) in [6, 6.07) is 0. The third kappa shape index (κ3) is 2.41. The zero-order valence-electron chi connectivity index (χ0n) is 6.64. The normalized spacial score (nSPS) is 10.0. The Bertz CT molecular complexity index is 315. The summed E-state index contributed by atoms with van der Waals surface area (Å²) in [6.07, 6.45) is 0. The number of amides is 1. The molecule has 0 bridgehead atoms. The quantitative estimate of drug-likeness (QED) is 0.877. The molecular weight excluding hydrogens is 259 g/mol. The van der Waals surface area contributed by atoms with Gasteiger partial charge in [-0.2, -0.15) is 0 Å². The van der Waals surface area contributed by atoms with Crippen molar-refractivity contribution in [2.45, 2.75) is 0 Å². The summed E-state index contributed by atoms with van der Waals surface area (Å²) >= 11 is 4.41. The second-order valence-electron chi connectivity index (χ2n) is 2.27. The van der Waals surface area contributed by atoms with E-state index >= 15 is 0 Å². The van der Waals surface area contributed by atoms with Gasteiger partial charge in [-0.3, -0.25) is 4.79 Å². The number of thiophene rings is 1. The fraction of sp³-hybridized carbons (Fsp3) is 0.286. The molecule has 0 saturated heterocycles. The first-order valence-corrected chi connectivity index (χ1v) is 5.20. The molecule has 1 heterocycles. The van der Waals surface area contributed by atoms with Crippen molar-refractivity contribution in [3.05, 3.63) is 14.7 Å². The fourth-order valence-electron chi connectivity index (χ4n) is 0.763. The zero-order chi connectivity index (χ0) is 9.84. The van der Waals surface area contributed by atoms with E-state index < -0.39 is 6.67 Å². The first-order valence-electron chi connectivity index (χ1n) is 3.53. The molecule has 0 fully saturated rings. The molecule has 3 N–H and O–H groups in total. The highest BCUT2D eigenvalue weighted by Gasteiger charge is 2.13. The van der Waals surface area contributed by atoms with Gasteiger partial charge in [-0.15, -0.1) is 11.3 Å². The van der Waals surface area contributed by atoms with Gasteiger partial charge in [0.05, 0.1) is 10.2 Å². The Morgan fingerprint density at radius 3 is 2.92 bits per heavy atom. The Morgan fingerprint density at radius 2 is 2.46 bits per heavy atom. The molecule has 0 aliphatic rings. The summed E-state index contributed by atoms with van der Waals surface area (Å²) in [5.74, 6) is -0.328. The second-order valence-corrected chi connectivity index (χ2v) is 4.01. The van der Waals surface area contributed by atoms with E-state index in [4.69, 9.17) is 5.73 Å². The maximum absolute atomic E-state index is 11.7. The van der Waals surface area contributed by atoms with Crippen molar-refractivity contribution < 1.29 is 9.18 Å². The minimum atomic E-state index is -0.571. The van der Waals surface area contributed by atoms with Crippen LogP contribution in [0.15, 0.2) is 9.85 Å². The summed E-state index contributed by atoms with van der Waals surface area (Å²) in [5.41, 5.74) is 5.99. The smallest absolute Gasteiger partial charge is 0.263 e. The highest BCUT2D eigenvalue weighted by Crippen LogP contribution is 2.29. The average Bonchev–Trinajstić information content (AvgIpc) is 2.44. The van der Waals surface area contributed by atoms with Gasteiger partial charge in [-0.1, -0.05) is 0 Å². The van der Waals surface area contributed by atoms with E-state index in [1.165, 1.54) is 11.3 Å². The molecule has 0 radical (unpaired) electrons. The molecule has 13 heavy (non-hydrogen) atoms. The summed E-state index contributed by atoms with van der Waals surface area (Å²) in [4.78, 5) is 11.7. The lowest BCUT2D eigenvalue weighted by atomic mass is 10.4. The molecule has 0 aromatic carbocycles. The van der Waals surface area contributed by atoms with Gasteiger partial charge in [0.1, 0.15) is 11.6 Å². The highest BCUT2D eigenvalue weighted by atomic mass is 79.9. The Kier molecular flexibility index (Phi) is 3.68. The van der Waals surface area contributed by atoms with Gasteiger partial charge in [0.2, 0.25) is 0 Å². The molecule has 0 aliphatic carbocycles. The van der Waals surface area contributed by atoms with E-state index in [1.54, 1.807) is 5.38 Å². The van der Waals surface area contributed by atoms with Crippen LogP contribution < -0.4 is 11.1 Å². The number of hydrogen-bond donors (Lipinski definition) is 2. The minimum absolute atomic E-state index is 0.0216. The van der Waals surface area contributed by atoms with Crippen molar-refractivity contribution in [3.8, 4) is 0 Å². The van der Waals surface area contributed by atoms with Gasteiger partial charge in [-0.05, 0) is 15.9 Å². The van der Waals surface area contributed by atoms with E-state index in [0.29, 0.717) is 15.0 Å². The SMILES string of the molecule is Nc1c(Br)csc1C(=O)NCCF. The van der Waals surface area contributed by atoms with Crippen LogP contribution in [-0.4, -0.2) is 19.1 Å². The molecule has 72 valence electrons. The van der Waals surface area contributed by atoms with Crippen LogP contribution in [0.1, 0.15) is 9.67 Å². The average molecular weight is 267 g/mol. The number of carbonyl (C=O) groups is 1. The zero-order valence-corrected chi connectivity index (χ0v) is 9.04. The largest absolute Gasteiger partial charge is 0.396 e. The van der Waals surface area contributed by atoms with Crippen molar-refractivity contribution in [2.24, 2.45) is 0 Å². The third-order valence-corrected chi connectivity index (χ3v) is 3.32. The van der Waals surface area contributed by atoms with E-state index in [9.17, 15) is 9.18 Å². The molecular formula is C7H8BrFN2OS. The van der Waals surface area contributed by atoms with Crippen molar-refractivity contribution in [1.82, 2.24) is 5.32 Å². The van der Waals surface area contributed by atoms with Crippen LogP contribution in [0.4, 0.5) is 10.1 Å². The molecule has 0 saturated carbocycles. The van der Waals surface area contributed by atoms with Crippen LogP contribution in [0.5, 0.6) is 0 Å². The van der Waals surface area contributed by atoms with Gasteiger partial charge >= 0.3 is 0 Å². The van der Waals surface area contributed by atoms with E-state index in [1.807, 2.05) is 0 Å². The van der Waals surface area contributed by atoms with Crippen molar-refractivity contribution >= 4 is 38.9 Å². The van der Waals surface area contributed by atoms with E-state index in [0.717, 1.165) is 0 Å². The van der Waals surface area contributed by atoms with E-state index in [-0.39, 0.29) is 12.5 Å². The van der Waals surface area contributed by atoms with Crippen LogP contribution in [0.3, 0.4) is 0 Å². The summed E-state index contributed by atoms with van der Waals surface area (Å²) in [6.45, 7) is -0.550. The number of nitrogen functional groups attached to an aromatic ring is 1. The maximum Gasteiger partial charge on any atom is 0.263 e. The lowest BCUT2D eigenvalue weighted by Gasteiger charge is -2.00. The molecule has 3 nitrogen and oxygen atoms in total. The van der Waals surface area contributed by atoms with Gasteiger partial charge in [-0.25, -0.2) is 4.39 Å². The molecule has 6 heteroatoms. The Hall–Kier alpha value is -0.620. The maximum atomic E-state index is 11.7. The van der Waals surface area contributed by atoms with Gasteiger partial charge in [0.25, 0.3) is 5.91 Å². The number of hydrogen-bond acceptors (Lipinski definition) is 3. The van der Waals surface area contributed by atoms with Gasteiger partial charge < -0.3 is 11.1 Å². The monoisotopic (exact) mass is 266 g/mol. The summed E-state index contributed by atoms with van der Waals surface area (Å²) < 4.78 is 12.4. The fourth-order valence-corrected chi connectivity index (χ4v) is 2.14. The molecule has 1 aromatic rings. The molecule has 1 aromatic heterocycles. The minimum Gasteiger partial charge on any atom is -0.396 e. The molecule has 0 aliphatic heterocycles. The topological polar surface area (TPSA) is 55.1 Å². The predicted octanol–water partition coefficient (Wildman–Crippen LogP) is 1.79. The molecule has 1 amide bonds. The van der Waals surface area contributed by atoms with Crippen LogP contribution >= 0.6 is 27.3 Å². The number of nitrogens with one attached hydrogen (secondary N) is 1. The summed E-state index contributed by atoms with van der Waals surface area (Å²) in [7, 11) is 0. The van der Waals surface area contributed by atoms with Crippen LogP contribution in [0.25, 0.3) is 0 Å². The number of halogens is 2. The van der Waals surface area contributed by atoms with Crippen molar-refractivity contribution in [3.63, 3.8) is 0 Å². The number of nitrogens with two attached hydrogens (primary N) is 1. The Labute approximate surface area is 87.3 Å². The molecule has 0 spiro atoms. The Morgan fingerprint density at radius 1 is 1.77 bits per heavy atom. The van der Waals surface area contributed by atoms with Gasteiger partial charge in [0.15, 0.2) is 0 Å². The Balaban J connectivity index is 2.71. The second kappa shape index (κ2) is 4.57. The molecule has 1 rings (SSSR count). The van der Waals surface area contributed by atoms with Crippen LogP contribution in [-0.2, 0) is 0 Å². The highest BCUT2D eigenvalue weighted by molar-refractivity contribution is 9.10. The lowest BCUT2D eigenvalue weighted by Crippen LogP contribution is -2.25. The standard InChI is InChI=1S/C7H8BrFN2OS/c8-4-3-13-6(5(4)10)7(12)11-2-1-9/h3H,1-2,10H2,(H,11,12). The molecule has 0 atom stereocenters. The van der Waals surface area contributed by atoms with Crippen LogP contribution in [0, 0.1) is 0 Å². The number of anilines is 1. The van der Waals surface area contributed by atoms with Gasteiger partial charge in [0, 0.05) is 11.9 Å². The lowest BCUT2D eigenvalue weighted by molar-refractivity contribution is 0.0955. The number of carbonyl (C=O) groups excluding carboxylic acids is 1. The first kappa shape index (κ1) is 10.5. The predicted molar refractivity (Wildman–Crippen MR) is 54.7 cm³/mol. The van der Waals surface area contributed by atoms with Crippen LogP contribution in [0.2, 0.25) is 0 Å². The van der Waals surface area contributed by atoms with E-state index in [2.05, 4.69) is 21.2 Å². The summed E-state index contributed by atoms with van der Waals surface area (Å²) in [5, 5.41) is 4.12. The van der Waals surface area contributed by atoms with Crippen molar-refractivity contribution in [1.29, 1.82) is 0 Å². The number of alkyl halides is 1.